The molecule has 1 N–H and O–H groups in total. The van der Waals surface area contributed by atoms with Crippen LogP contribution in [0.5, 0.6) is 5.75 Å². The van der Waals surface area contributed by atoms with Gasteiger partial charge in [0.05, 0.1) is 11.9 Å². The quantitative estimate of drug-likeness (QED) is 0.601. The highest BCUT2D eigenvalue weighted by Crippen LogP contribution is 2.17. The van der Waals surface area contributed by atoms with Crippen LogP contribution in [0.1, 0.15) is 30.6 Å². The van der Waals surface area contributed by atoms with E-state index < -0.39 is 10.0 Å². The van der Waals surface area contributed by atoms with Gasteiger partial charge in [0, 0.05) is 44.0 Å². The summed E-state index contributed by atoms with van der Waals surface area (Å²) >= 11 is 0. The minimum Gasteiger partial charge on any atom is -0.491 e. The van der Waals surface area contributed by atoms with E-state index in [0.717, 1.165) is 5.69 Å². The van der Waals surface area contributed by atoms with E-state index in [2.05, 4.69) is 10.2 Å². The molecule has 0 unspecified atom stereocenters. The van der Waals surface area contributed by atoms with Gasteiger partial charge in [0.1, 0.15) is 5.75 Å². The number of carbonyl (C=O) groups excluding carboxylic acids is 1. The van der Waals surface area contributed by atoms with E-state index in [1.807, 2.05) is 44.2 Å². The van der Waals surface area contributed by atoms with Crippen molar-refractivity contribution in [1.82, 2.24) is 9.62 Å². The Hall–Kier alpha value is -2.58. The second kappa shape index (κ2) is 10.6. The van der Waals surface area contributed by atoms with Crippen molar-refractivity contribution in [3.8, 4) is 5.75 Å². The van der Waals surface area contributed by atoms with Gasteiger partial charge in [-0.05, 0) is 56.7 Å². The van der Waals surface area contributed by atoms with Crippen molar-refractivity contribution in [1.29, 1.82) is 0 Å². The molecule has 168 valence electrons. The number of nitrogens with one attached hydrogen (secondary N) is 1. The Bertz CT molecular complexity index is 939. The standard InChI is InChI=1S/C23H31N3O4S/c1-19(2)30-22-11-9-20(10-12-22)23(27)24-13-6-18-31(28,29)26-16-14-25(15-17-26)21-7-4-3-5-8-21/h3-5,7-12,19H,6,13-18H2,1-2H3,(H,24,27). The number of rotatable bonds is 9. The van der Waals surface area contributed by atoms with Gasteiger partial charge < -0.3 is 15.0 Å². The minimum absolute atomic E-state index is 0.0276. The van der Waals surface area contributed by atoms with Crippen LogP contribution >= 0.6 is 0 Å². The third-order valence-electron chi connectivity index (χ3n) is 5.11. The van der Waals surface area contributed by atoms with Crippen LogP contribution in [0.4, 0.5) is 5.69 Å². The van der Waals surface area contributed by atoms with Crippen molar-refractivity contribution in [3.05, 3.63) is 60.2 Å². The largest absolute Gasteiger partial charge is 0.491 e. The molecule has 0 spiro atoms. The minimum atomic E-state index is -3.33. The third-order valence-corrected chi connectivity index (χ3v) is 7.06. The van der Waals surface area contributed by atoms with Gasteiger partial charge in [-0.25, -0.2) is 8.42 Å². The summed E-state index contributed by atoms with van der Waals surface area (Å²) in [4.78, 5) is 14.5. The van der Waals surface area contributed by atoms with Crippen molar-refractivity contribution >= 4 is 21.6 Å². The normalized spacial score (nSPS) is 15.1. The summed E-state index contributed by atoms with van der Waals surface area (Å²) in [5.74, 6) is 0.523. The maximum absolute atomic E-state index is 12.6. The predicted octanol–water partition coefficient (Wildman–Crippen LogP) is 2.75. The van der Waals surface area contributed by atoms with Gasteiger partial charge in [-0.3, -0.25) is 4.79 Å². The second-order valence-electron chi connectivity index (χ2n) is 7.84. The fourth-order valence-electron chi connectivity index (χ4n) is 3.51. The molecule has 2 aromatic carbocycles. The Labute approximate surface area is 185 Å². The van der Waals surface area contributed by atoms with Gasteiger partial charge in [0.25, 0.3) is 5.91 Å². The first-order chi connectivity index (χ1) is 14.8. The molecule has 1 heterocycles. The Morgan fingerprint density at radius 3 is 2.26 bits per heavy atom. The van der Waals surface area contributed by atoms with Gasteiger partial charge in [-0.15, -0.1) is 0 Å². The molecule has 1 amide bonds. The maximum atomic E-state index is 12.6. The van der Waals surface area contributed by atoms with Crippen LogP contribution in [0.25, 0.3) is 0 Å². The molecule has 0 atom stereocenters. The molecule has 0 bridgehead atoms. The number of piperazine rings is 1. The van der Waals surface area contributed by atoms with E-state index in [4.69, 9.17) is 4.74 Å². The maximum Gasteiger partial charge on any atom is 0.251 e. The smallest absolute Gasteiger partial charge is 0.251 e. The number of sulfonamides is 1. The molecule has 1 fully saturated rings. The molecule has 7 nitrogen and oxygen atoms in total. The SMILES string of the molecule is CC(C)Oc1ccc(C(=O)NCCCS(=O)(=O)N2CCN(c3ccccc3)CC2)cc1. The predicted molar refractivity (Wildman–Crippen MR) is 123 cm³/mol. The Kier molecular flexibility index (Phi) is 7.92. The topological polar surface area (TPSA) is 78.9 Å². The first-order valence-corrected chi connectivity index (χ1v) is 12.3. The Balaban J connectivity index is 1.40. The van der Waals surface area contributed by atoms with Crippen LogP contribution in [0.15, 0.2) is 54.6 Å². The lowest BCUT2D eigenvalue weighted by atomic mass is 10.2. The number of benzene rings is 2. The summed E-state index contributed by atoms with van der Waals surface area (Å²) in [7, 11) is -3.33. The fraction of sp³-hybridized carbons (Fsp3) is 0.435. The third kappa shape index (κ3) is 6.70. The molecule has 1 saturated heterocycles. The summed E-state index contributed by atoms with van der Waals surface area (Å²) in [5, 5.41) is 2.79. The van der Waals surface area contributed by atoms with E-state index in [0.29, 0.717) is 50.5 Å². The molecule has 0 radical (unpaired) electrons. The second-order valence-corrected chi connectivity index (χ2v) is 9.93. The van der Waals surface area contributed by atoms with Gasteiger partial charge in [-0.2, -0.15) is 4.31 Å². The number of hydrogen-bond acceptors (Lipinski definition) is 5. The molecule has 3 rings (SSSR count). The first-order valence-electron chi connectivity index (χ1n) is 10.7. The van der Waals surface area contributed by atoms with Crippen molar-refractivity contribution in [2.24, 2.45) is 0 Å². The summed E-state index contributed by atoms with van der Waals surface area (Å²) < 4.78 is 32.4. The van der Waals surface area contributed by atoms with Crippen LogP contribution in [-0.4, -0.2) is 63.2 Å². The Morgan fingerprint density at radius 1 is 1.00 bits per heavy atom. The van der Waals surface area contributed by atoms with E-state index >= 15 is 0 Å². The highest BCUT2D eigenvalue weighted by Gasteiger charge is 2.26. The van der Waals surface area contributed by atoms with Crippen LogP contribution in [-0.2, 0) is 10.0 Å². The molecule has 0 saturated carbocycles. The van der Waals surface area contributed by atoms with Crippen LogP contribution in [0.2, 0.25) is 0 Å². The molecule has 0 aliphatic carbocycles. The monoisotopic (exact) mass is 445 g/mol. The van der Waals surface area contributed by atoms with Gasteiger partial charge in [-0.1, -0.05) is 18.2 Å². The average Bonchev–Trinajstić information content (AvgIpc) is 2.77. The highest BCUT2D eigenvalue weighted by molar-refractivity contribution is 7.89. The summed E-state index contributed by atoms with van der Waals surface area (Å²) in [6.45, 7) is 6.51. The van der Waals surface area contributed by atoms with Crippen LogP contribution < -0.4 is 15.0 Å². The summed E-state index contributed by atoms with van der Waals surface area (Å²) in [6, 6.07) is 16.9. The van der Waals surface area contributed by atoms with Crippen LogP contribution in [0, 0.1) is 0 Å². The molecular weight excluding hydrogens is 414 g/mol. The van der Waals surface area contributed by atoms with Gasteiger partial charge >= 0.3 is 0 Å². The Morgan fingerprint density at radius 2 is 1.65 bits per heavy atom. The number of anilines is 1. The lowest BCUT2D eigenvalue weighted by Crippen LogP contribution is -2.49. The molecule has 8 heteroatoms. The van der Waals surface area contributed by atoms with Gasteiger partial charge in [0.15, 0.2) is 0 Å². The molecular formula is C23H31N3O4S. The van der Waals surface area contributed by atoms with Crippen LogP contribution in [0.3, 0.4) is 0 Å². The highest BCUT2D eigenvalue weighted by atomic mass is 32.2. The van der Waals surface area contributed by atoms with Crippen molar-refractivity contribution < 1.29 is 17.9 Å². The average molecular weight is 446 g/mol. The number of para-hydroxylation sites is 1. The first kappa shape index (κ1) is 23.1. The number of nitrogens with zero attached hydrogens (tertiary/aromatic N) is 2. The lowest BCUT2D eigenvalue weighted by molar-refractivity contribution is 0.0953. The number of carbonyl (C=O) groups is 1. The summed E-state index contributed by atoms with van der Waals surface area (Å²) in [5.41, 5.74) is 1.64. The zero-order valence-corrected chi connectivity index (χ0v) is 19.0. The van der Waals surface area contributed by atoms with E-state index in [-0.39, 0.29) is 17.8 Å². The van der Waals surface area contributed by atoms with E-state index in [9.17, 15) is 13.2 Å². The van der Waals surface area contributed by atoms with Crippen molar-refractivity contribution in [3.63, 3.8) is 0 Å². The van der Waals surface area contributed by atoms with Crippen molar-refractivity contribution in [2.75, 3.05) is 43.4 Å². The number of ether oxygens (including phenoxy) is 1. The molecule has 1 aliphatic heterocycles. The zero-order valence-electron chi connectivity index (χ0n) is 18.2. The molecule has 2 aromatic rings. The van der Waals surface area contributed by atoms with Gasteiger partial charge in [0.2, 0.25) is 10.0 Å². The van der Waals surface area contributed by atoms with Crippen molar-refractivity contribution in [2.45, 2.75) is 26.4 Å². The van der Waals surface area contributed by atoms with E-state index in [1.165, 1.54) is 0 Å². The fourth-order valence-corrected chi connectivity index (χ4v) is 4.99. The number of amides is 1. The zero-order chi connectivity index (χ0) is 22.3. The lowest BCUT2D eigenvalue weighted by Gasteiger charge is -2.35. The molecule has 0 aromatic heterocycles. The molecule has 31 heavy (non-hydrogen) atoms. The molecule has 1 aliphatic rings. The summed E-state index contributed by atoms with van der Waals surface area (Å²) in [6.07, 6.45) is 0.449. The number of hydrogen-bond donors (Lipinski definition) is 1. The van der Waals surface area contributed by atoms with E-state index in [1.54, 1.807) is 28.6 Å².